The van der Waals surface area contributed by atoms with Gasteiger partial charge in [-0.3, -0.25) is 0 Å². The van der Waals surface area contributed by atoms with E-state index in [0.717, 1.165) is 60.6 Å². The minimum absolute atomic E-state index is 0.344. The molecule has 0 aliphatic heterocycles. The quantitative estimate of drug-likeness (QED) is 0.479. The van der Waals surface area contributed by atoms with Gasteiger partial charge in [0.2, 0.25) is 0 Å². The summed E-state index contributed by atoms with van der Waals surface area (Å²) in [6.45, 7) is 14.3. The molecule has 4 rings (SSSR count). The number of fused-ring (bicyclic) bond motifs is 4. The van der Waals surface area contributed by atoms with Crippen LogP contribution in [0.3, 0.4) is 0 Å². The molecule has 0 aromatic carbocycles. The van der Waals surface area contributed by atoms with Crippen LogP contribution in [-0.2, 0) is 9.47 Å². The molecule has 2 bridgehead atoms. The monoisotopic (exact) mass is 372 g/mol. The zero-order valence-corrected chi connectivity index (χ0v) is 17.6. The van der Waals surface area contributed by atoms with Gasteiger partial charge in [0, 0.05) is 5.41 Å². The second-order valence-electron chi connectivity index (χ2n) is 10.8. The van der Waals surface area contributed by atoms with Crippen molar-refractivity contribution in [3.05, 3.63) is 25.7 Å². The Morgan fingerprint density at radius 3 is 2.56 bits per heavy atom. The van der Waals surface area contributed by atoms with E-state index in [1.807, 2.05) is 0 Å². The largest absolute Gasteiger partial charge is 0.502 e. The average Bonchev–Trinajstić information content (AvgIpc) is 3.16. The van der Waals surface area contributed by atoms with Crippen LogP contribution in [0.1, 0.15) is 65.2 Å². The van der Waals surface area contributed by atoms with Crippen LogP contribution in [-0.4, -0.2) is 13.2 Å². The Balaban J connectivity index is 1.50. The predicted molar refractivity (Wildman–Crippen MR) is 111 cm³/mol. The van der Waals surface area contributed by atoms with E-state index in [9.17, 15) is 0 Å². The Bertz CT molecular complexity index is 542. The zero-order valence-electron chi connectivity index (χ0n) is 17.6. The number of hydrogen-bond donors (Lipinski definition) is 0. The van der Waals surface area contributed by atoms with E-state index < -0.39 is 0 Å². The summed E-state index contributed by atoms with van der Waals surface area (Å²) in [6.07, 6.45) is 14.6. The Morgan fingerprint density at radius 2 is 1.78 bits per heavy atom. The maximum atomic E-state index is 5.70. The molecule has 9 unspecified atom stereocenters. The van der Waals surface area contributed by atoms with Crippen molar-refractivity contribution < 1.29 is 9.47 Å². The summed E-state index contributed by atoms with van der Waals surface area (Å²) in [4.78, 5) is 0. The van der Waals surface area contributed by atoms with Gasteiger partial charge in [0.05, 0.1) is 25.7 Å². The standard InChI is InChI=1S/C25H40O2/c1-5-26-15-20-11-18-12-21-17(3)10-22(24(21)23(20)13-18)19-8-7-9-25(4,14-19)16-27-6-2/h5-6,17-24H,1-2,7-16H2,3-4H3. The summed E-state index contributed by atoms with van der Waals surface area (Å²) >= 11 is 0. The maximum Gasteiger partial charge on any atom is 0.0926 e. The fraction of sp³-hybridized carbons (Fsp3) is 0.840. The average molecular weight is 373 g/mol. The molecule has 4 fully saturated rings. The van der Waals surface area contributed by atoms with Gasteiger partial charge >= 0.3 is 0 Å². The number of ether oxygens (including phenoxy) is 2. The van der Waals surface area contributed by atoms with E-state index in [2.05, 4.69) is 27.0 Å². The number of hydrogen-bond acceptors (Lipinski definition) is 2. The van der Waals surface area contributed by atoms with Crippen molar-refractivity contribution in [1.29, 1.82) is 0 Å². The molecule has 0 amide bonds. The molecule has 0 spiro atoms. The predicted octanol–water partition coefficient (Wildman–Crippen LogP) is 6.44. The third-order valence-corrected chi connectivity index (χ3v) is 9.00. The van der Waals surface area contributed by atoms with Gasteiger partial charge < -0.3 is 9.47 Å². The molecule has 4 aliphatic rings. The second-order valence-corrected chi connectivity index (χ2v) is 10.8. The van der Waals surface area contributed by atoms with E-state index in [1.165, 1.54) is 51.4 Å². The Labute approximate surface area is 166 Å². The molecule has 27 heavy (non-hydrogen) atoms. The smallest absolute Gasteiger partial charge is 0.0926 e. The van der Waals surface area contributed by atoms with Crippen molar-refractivity contribution in [3.63, 3.8) is 0 Å². The fourth-order valence-corrected chi connectivity index (χ4v) is 8.08. The van der Waals surface area contributed by atoms with Crippen LogP contribution in [0.2, 0.25) is 0 Å². The normalized spacial score (nSPS) is 48.7. The SMILES string of the molecule is C=COCC1CC2CC3C(C)CC(C4CCCC(C)(COC=C)C4)C3C1C2. The Hall–Kier alpha value is -0.920. The first-order valence-electron chi connectivity index (χ1n) is 11.5. The van der Waals surface area contributed by atoms with Gasteiger partial charge in [0.25, 0.3) is 0 Å². The molecule has 2 heteroatoms. The summed E-state index contributed by atoms with van der Waals surface area (Å²) < 4.78 is 11.4. The van der Waals surface area contributed by atoms with E-state index in [-0.39, 0.29) is 0 Å². The maximum absolute atomic E-state index is 5.70. The van der Waals surface area contributed by atoms with Gasteiger partial charge in [-0.15, -0.1) is 0 Å². The van der Waals surface area contributed by atoms with E-state index in [0.29, 0.717) is 5.41 Å². The number of rotatable bonds is 7. The van der Waals surface area contributed by atoms with Gasteiger partial charge in [-0.1, -0.05) is 39.8 Å². The molecule has 0 aromatic rings. The topological polar surface area (TPSA) is 18.5 Å². The molecular weight excluding hydrogens is 332 g/mol. The van der Waals surface area contributed by atoms with Crippen molar-refractivity contribution in [1.82, 2.24) is 0 Å². The highest BCUT2D eigenvalue weighted by atomic mass is 16.5. The van der Waals surface area contributed by atoms with Crippen LogP contribution in [0.25, 0.3) is 0 Å². The molecule has 0 radical (unpaired) electrons. The van der Waals surface area contributed by atoms with Crippen molar-refractivity contribution in [2.75, 3.05) is 13.2 Å². The van der Waals surface area contributed by atoms with Crippen LogP contribution < -0.4 is 0 Å². The second kappa shape index (κ2) is 7.84. The summed E-state index contributed by atoms with van der Waals surface area (Å²) in [5.74, 6) is 7.32. The zero-order chi connectivity index (χ0) is 19.0. The van der Waals surface area contributed by atoms with Crippen LogP contribution in [0.4, 0.5) is 0 Å². The highest BCUT2D eigenvalue weighted by molar-refractivity contribution is 5.05. The first kappa shape index (κ1) is 19.4. The van der Waals surface area contributed by atoms with E-state index in [4.69, 9.17) is 9.47 Å². The molecule has 0 heterocycles. The van der Waals surface area contributed by atoms with Crippen molar-refractivity contribution in [3.8, 4) is 0 Å². The van der Waals surface area contributed by atoms with Gasteiger partial charge in [0.1, 0.15) is 0 Å². The van der Waals surface area contributed by atoms with Crippen molar-refractivity contribution >= 4 is 0 Å². The van der Waals surface area contributed by atoms with Gasteiger partial charge in [-0.25, -0.2) is 0 Å². The molecule has 4 aliphatic carbocycles. The lowest BCUT2D eigenvalue weighted by molar-refractivity contribution is 0.0140. The van der Waals surface area contributed by atoms with E-state index in [1.54, 1.807) is 12.5 Å². The highest BCUT2D eigenvalue weighted by Crippen LogP contribution is 2.63. The van der Waals surface area contributed by atoms with Crippen LogP contribution in [0.15, 0.2) is 25.7 Å². The molecule has 2 nitrogen and oxygen atoms in total. The third-order valence-electron chi connectivity index (χ3n) is 9.00. The van der Waals surface area contributed by atoms with Crippen LogP contribution in [0.5, 0.6) is 0 Å². The summed E-state index contributed by atoms with van der Waals surface area (Å²) in [6, 6.07) is 0. The highest BCUT2D eigenvalue weighted by Gasteiger charge is 2.56. The fourth-order valence-electron chi connectivity index (χ4n) is 8.08. The van der Waals surface area contributed by atoms with Gasteiger partial charge in [-0.05, 0) is 85.9 Å². The van der Waals surface area contributed by atoms with Crippen molar-refractivity contribution in [2.45, 2.75) is 65.2 Å². The minimum Gasteiger partial charge on any atom is -0.502 e. The van der Waals surface area contributed by atoms with Gasteiger partial charge in [-0.2, -0.15) is 0 Å². The molecular formula is C25H40O2. The lowest BCUT2D eigenvalue weighted by atomic mass is 9.61. The molecule has 0 N–H and O–H groups in total. The molecule has 4 saturated carbocycles. The Morgan fingerprint density at radius 1 is 1.00 bits per heavy atom. The summed E-state index contributed by atoms with van der Waals surface area (Å²) in [7, 11) is 0. The van der Waals surface area contributed by atoms with Crippen LogP contribution in [0, 0.1) is 52.8 Å². The minimum atomic E-state index is 0.344. The molecule has 9 atom stereocenters. The third kappa shape index (κ3) is 3.70. The van der Waals surface area contributed by atoms with E-state index >= 15 is 0 Å². The Kier molecular flexibility index (Phi) is 5.63. The summed E-state index contributed by atoms with van der Waals surface area (Å²) in [5.41, 5.74) is 0.344. The molecule has 0 aromatic heterocycles. The lowest BCUT2D eigenvalue weighted by Gasteiger charge is -2.45. The molecule has 0 saturated heterocycles. The van der Waals surface area contributed by atoms with Crippen LogP contribution >= 0.6 is 0 Å². The summed E-state index contributed by atoms with van der Waals surface area (Å²) in [5, 5.41) is 0. The van der Waals surface area contributed by atoms with Gasteiger partial charge in [0.15, 0.2) is 0 Å². The first-order valence-corrected chi connectivity index (χ1v) is 11.5. The lowest BCUT2D eigenvalue weighted by Crippen LogP contribution is -2.38. The van der Waals surface area contributed by atoms with Crippen molar-refractivity contribution in [2.24, 2.45) is 52.8 Å². The first-order chi connectivity index (χ1) is 13.0. The molecule has 152 valence electrons.